The Morgan fingerprint density at radius 3 is 2.35 bits per heavy atom. The van der Waals surface area contributed by atoms with E-state index in [9.17, 15) is 9.59 Å². The van der Waals surface area contributed by atoms with Gasteiger partial charge in [-0.1, -0.05) is 37.6 Å². The molecule has 0 atom stereocenters. The molecule has 1 amide bonds. The summed E-state index contributed by atoms with van der Waals surface area (Å²) in [5, 5.41) is 0. The maximum absolute atomic E-state index is 12.7. The van der Waals surface area contributed by atoms with E-state index < -0.39 is 5.60 Å². The number of nitrogens with zero attached hydrogens (tertiary/aromatic N) is 5. The number of hydrogen-bond acceptors (Lipinski definition) is 8. The van der Waals surface area contributed by atoms with Gasteiger partial charge in [0.1, 0.15) is 11.1 Å². The van der Waals surface area contributed by atoms with Crippen LogP contribution in [0.3, 0.4) is 0 Å². The number of rotatable bonds is 10. The number of carbonyl (C=O) groups is 1. The van der Waals surface area contributed by atoms with Crippen LogP contribution in [0.25, 0.3) is 11.2 Å². The molecule has 11 heteroatoms. The van der Waals surface area contributed by atoms with Gasteiger partial charge in [0.05, 0.1) is 13.2 Å². The summed E-state index contributed by atoms with van der Waals surface area (Å²) in [7, 11) is 0. The number of carbonyl (C=O) groups excluding carboxylic acids is 1. The number of nitrogens with one attached hydrogen (secondary N) is 1. The second-order valence-electron chi connectivity index (χ2n) is 11.4. The predicted octanol–water partition coefficient (Wildman–Crippen LogP) is 4.15. The number of fused-ring (bicyclic) bond motifs is 1. The predicted molar refractivity (Wildman–Crippen MR) is 155 cm³/mol. The van der Waals surface area contributed by atoms with Gasteiger partial charge in [-0.05, 0) is 58.1 Å². The van der Waals surface area contributed by atoms with Crippen molar-refractivity contribution in [1.82, 2.24) is 29.3 Å². The third kappa shape index (κ3) is 7.32. The molecule has 1 aliphatic heterocycles. The summed E-state index contributed by atoms with van der Waals surface area (Å²) < 4.78 is 12.8. The molecular weight excluding hydrogens is 510 g/mol. The highest BCUT2D eigenvalue weighted by molar-refractivity contribution is 5.82. The molecule has 2 aromatic heterocycles. The molecule has 0 spiro atoms. The number of aromatic amines is 1. The van der Waals surface area contributed by atoms with Gasteiger partial charge in [-0.15, -0.1) is 0 Å². The molecule has 3 N–H and O–H groups in total. The fourth-order valence-corrected chi connectivity index (χ4v) is 4.99. The van der Waals surface area contributed by atoms with Crippen LogP contribution in [0.2, 0.25) is 0 Å². The molecule has 0 radical (unpaired) electrons. The van der Waals surface area contributed by atoms with E-state index in [1.165, 1.54) is 5.56 Å². The number of benzene rings is 1. The van der Waals surface area contributed by atoms with Crippen molar-refractivity contribution in [3.63, 3.8) is 0 Å². The van der Waals surface area contributed by atoms with Gasteiger partial charge < -0.3 is 25.1 Å². The van der Waals surface area contributed by atoms with Crippen molar-refractivity contribution in [1.29, 1.82) is 0 Å². The van der Waals surface area contributed by atoms with Crippen molar-refractivity contribution < 1.29 is 14.3 Å². The van der Waals surface area contributed by atoms with Crippen LogP contribution in [0.5, 0.6) is 6.01 Å². The average Bonchev–Trinajstić information content (AvgIpc) is 3.21. The van der Waals surface area contributed by atoms with Crippen molar-refractivity contribution in [2.24, 2.45) is 0 Å². The number of nitrogen functional groups attached to an aromatic ring is 1. The van der Waals surface area contributed by atoms with E-state index >= 15 is 0 Å². The molecule has 4 rings (SSSR count). The number of likely N-dealkylation sites (tertiary alicyclic amines) is 1. The first-order valence-corrected chi connectivity index (χ1v) is 14.3. The van der Waals surface area contributed by atoms with Crippen molar-refractivity contribution in [2.45, 2.75) is 85.0 Å². The molecule has 0 saturated carbocycles. The Bertz CT molecular complexity index is 1340. The zero-order valence-electron chi connectivity index (χ0n) is 24.4. The van der Waals surface area contributed by atoms with E-state index in [1.54, 1.807) is 4.57 Å². The van der Waals surface area contributed by atoms with Crippen molar-refractivity contribution in [3.05, 3.63) is 45.9 Å². The highest BCUT2D eigenvalue weighted by atomic mass is 16.6. The van der Waals surface area contributed by atoms with Crippen LogP contribution in [-0.4, -0.2) is 73.3 Å². The second-order valence-corrected chi connectivity index (χ2v) is 11.4. The number of nitrogens with two attached hydrogens (primary N) is 1. The van der Waals surface area contributed by atoms with Crippen LogP contribution in [0.15, 0.2) is 29.1 Å². The summed E-state index contributed by atoms with van der Waals surface area (Å²) in [6.45, 7) is 13.9. The maximum atomic E-state index is 12.7. The van der Waals surface area contributed by atoms with Gasteiger partial charge >= 0.3 is 17.8 Å². The number of unbranched alkanes of at least 4 members (excludes halogenated alkanes) is 1. The fraction of sp³-hybridized carbons (Fsp3) is 0.586. The highest BCUT2D eigenvalue weighted by Crippen LogP contribution is 2.22. The van der Waals surface area contributed by atoms with Crippen LogP contribution >= 0.6 is 0 Å². The van der Waals surface area contributed by atoms with Gasteiger partial charge in [0.2, 0.25) is 0 Å². The number of anilines is 1. The molecule has 3 heterocycles. The molecule has 218 valence electrons. The van der Waals surface area contributed by atoms with Gasteiger partial charge in [-0.2, -0.15) is 9.97 Å². The summed E-state index contributed by atoms with van der Waals surface area (Å²) >= 11 is 0. The lowest BCUT2D eigenvalue weighted by molar-refractivity contribution is 0.00924. The first kappa shape index (κ1) is 29.4. The Hall–Kier alpha value is -3.60. The molecule has 1 aliphatic rings. The number of imidazole rings is 1. The van der Waals surface area contributed by atoms with Gasteiger partial charge in [0.15, 0.2) is 11.5 Å². The van der Waals surface area contributed by atoms with E-state index in [1.807, 2.05) is 44.7 Å². The topological polar surface area (TPSA) is 132 Å². The monoisotopic (exact) mass is 553 g/mol. The third-order valence-electron chi connectivity index (χ3n) is 7.10. The van der Waals surface area contributed by atoms with Crippen LogP contribution in [0.4, 0.5) is 10.6 Å². The molecule has 11 nitrogen and oxygen atoms in total. The smallest absolute Gasteiger partial charge is 0.410 e. The van der Waals surface area contributed by atoms with Gasteiger partial charge in [-0.25, -0.2) is 9.59 Å². The molecular formula is C29H43N7O4. The number of piperidine rings is 1. The first-order valence-electron chi connectivity index (χ1n) is 14.3. The van der Waals surface area contributed by atoms with Crippen molar-refractivity contribution >= 4 is 23.1 Å². The van der Waals surface area contributed by atoms with Gasteiger partial charge in [-0.3, -0.25) is 9.47 Å². The Kier molecular flexibility index (Phi) is 9.34. The third-order valence-corrected chi connectivity index (χ3v) is 7.10. The van der Waals surface area contributed by atoms with E-state index in [2.05, 4.69) is 38.9 Å². The number of aromatic nitrogens is 4. The maximum Gasteiger partial charge on any atom is 0.410 e. The zero-order valence-corrected chi connectivity index (χ0v) is 24.4. The molecule has 1 fully saturated rings. The number of H-pyrrole nitrogens is 1. The van der Waals surface area contributed by atoms with E-state index in [4.69, 9.17) is 15.2 Å². The molecule has 0 unspecified atom stereocenters. The number of ether oxygens (including phenoxy) is 2. The zero-order chi connectivity index (χ0) is 28.9. The minimum Gasteiger partial charge on any atom is -0.463 e. The Morgan fingerprint density at radius 1 is 1.10 bits per heavy atom. The largest absolute Gasteiger partial charge is 0.463 e. The van der Waals surface area contributed by atoms with E-state index in [-0.39, 0.29) is 29.7 Å². The lowest BCUT2D eigenvalue weighted by Crippen LogP contribution is -2.48. The summed E-state index contributed by atoms with van der Waals surface area (Å²) in [5.41, 5.74) is 8.32. The molecule has 1 aromatic carbocycles. The minimum absolute atomic E-state index is 0.179. The summed E-state index contributed by atoms with van der Waals surface area (Å²) in [5.74, 6) is 0.194. The molecule has 0 bridgehead atoms. The van der Waals surface area contributed by atoms with Gasteiger partial charge in [0, 0.05) is 32.2 Å². The lowest BCUT2D eigenvalue weighted by Gasteiger charge is -2.38. The number of amides is 1. The summed E-state index contributed by atoms with van der Waals surface area (Å²) in [4.78, 5) is 41.0. The lowest BCUT2D eigenvalue weighted by atomic mass is 10.0. The van der Waals surface area contributed by atoms with Crippen LogP contribution in [0.1, 0.15) is 71.4 Å². The summed E-state index contributed by atoms with van der Waals surface area (Å²) in [6, 6.07) is 8.66. The van der Waals surface area contributed by atoms with Crippen LogP contribution in [0, 0.1) is 0 Å². The Balaban J connectivity index is 1.36. The SMILES string of the molecule is CCCCOc1nc(N)c2[nH]c(=O)n(Cc3ccc(CN4CCC(N(CC)C(=O)OC(C)(C)C)CC4)cc3)c2n1. The second kappa shape index (κ2) is 12.7. The van der Waals surface area contributed by atoms with Crippen LogP contribution in [-0.2, 0) is 17.8 Å². The highest BCUT2D eigenvalue weighted by Gasteiger charge is 2.30. The molecule has 1 saturated heterocycles. The van der Waals surface area contributed by atoms with Gasteiger partial charge in [0.25, 0.3) is 0 Å². The molecule has 0 aliphatic carbocycles. The Morgan fingerprint density at radius 2 is 1.75 bits per heavy atom. The molecule has 40 heavy (non-hydrogen) atoms. The normalized spacial score (nSPS) is 14.9. The minimum atomic E-state index is -0.494. The van der Waals surface area contributed by atoms with Crippen LogP contribution < -0.4 is 16.2 Å². The average molecular weight is 554 g/mol. The first-order chi connectivity index (χ1) is 19.1. The van der Waals surface area contributed by atoms with E-state index in [0.717, 1.165) is 50.9 Å². The molecule has 3 aromatic rings. The Labute approximate surface area is 235 Å². The van der Waals surface area contributed by atoms with E-state index in [0.29, 0.717) is 30.9 Å². The number of hydrogen-bond donors (Lipinski definition) is 2. The van der Waals surface area contributed by atoms with Crippen molar-refractivity contribution in [2.75, 3.05) is 32.0 Å². The standard InChI is InChI=1S/C29H43N7O4/c1-6-8-17-39-26-32-24(30)23-25(33-26)36(27(37)31-23)19-21-11-9-20(10-12-21)18-34-15-13-22(14-16-34)35(7-2)28(38)40-29(3,4)5/h9-12,22H,6-8,13-19H2,1-5H3,(H,31,37)(H2,30,32,33). The fourth-order valence-electron chi connectivity index (χ4n) is 4.99. The summed E-state index contributed by atoms with van der Waals surface area (Å²) in [6.07, 6.45) is 3.49. The van der Waals surface area contributed by atoms with Crippen molar-refractivity contribution in [3.8, 4) is 6.01 Å². The quantitative estimate of drug-likeness (QED) is 0.358.